The van der Waals surface area contributed by atoms with E-state index in [1.807, 2.05) is 18.2 Å². The molecule has 2 rings (SSSR count). The first kappa shape index (κ1) is 12.2. The summed E-state index contributed by atoms with van der Waals surface area (Å²) in [5.74, 6) is -0.371. The van der Waals surface area contributed by atoms with E-state index >= 15 is 0 Å². The Morgan fingerprint density at radius 1 is 1.06 bits per heavy atom. The molecule has 0 aromatic heterocycles. The van der Waals surface area contributed by atoms with Crippen LogP contribution in [0, 0.1) is 5.82 Å². The zero-order valence-corrected chi connectivity index (χ0v) is 10.4. The van der Waals surface area contributed by atoms with Gasteiger partial charge in [0.25, 0.3) is 0 Å². The Bertz CT molecular complexity index is 529. The summed E-state index contributed by atoms with van der Waals surface area (Å²) in [4.78, 5) is 0. The molecule has 0 spiro atoms. The molecule has 0 atom stereocenters. The van der Waals surface area contributed by atoms with Crippen molar-refractivity contribution in [3.8, 4) is 0 Å². The molecule has 2 aromatic rings. The van der Waals surface area contributed by atoms with Crippen molar-refractivity contribution in [2.45, 2.75) is 6.54 Å². The van der Waals surface area contributed by atoms with Gasteiger partial charge >= 0.3 is 0 Å². The molecule has 0 aliphatic carbocycles. The summed E-state index contributed by atoms with van der Waals surface area (Å²) < 4.78 is 13.5. The maximum Gasteiger partial charge on any atom is 0.147 e. The van der Waals surface area contributed by atoms with Gasteiger partial charge in [-0.15, -0.1) is 0 Å². The van der Waals surface area contributed by atoms with Crippen molar-refractivity contribution in [2.24, 2.45) is 0 Å². The van der Waals surface area contributed by atoms with Crippen molar-refractivity contribution in [3.63, 3.8) is 0 Å². The Labute approximate surface area is 109 Å². The summed E-state index contributed by atoms with van der Waals surface area (Å²) in [6, 6.07) is 12.0. The fraction of sp³-hybridized carbons (Fsp3) is 0.0769. The van der Waals surface area contributed by atoms with E-state index in [2.05, 4.69) is 5.32 Å². The third kappa shape index (κ3) is 3.11. The van der Waals surface area contributed by atoms with Crippen LogP contribution in [0.1, 0.15) is 5.56 Å². The second kappa shape index (κ2) is 5.39. The van der Waals surface area contributed by atoms with E-state index in [0.29, 0.717) is 22.3 Å². The van der Waals surface area contributed by atoms with Gasteiger partial charge in [-0.2, -0.15) is 0 Å². The number of benzene rings is 2. The van der Waals surface area contributed by atoms with Gasteiger partial charge < -0.3 is 5.32 Å². The lowest BCUT2D eigenvalue weighted by Gasteiger charge is -2.09. The lowest BCUT2D eigenvalue weighted by atomic mass is 10.2. The van der Waals surface area contributed by atoms with Crippen LogP contribution in [-0.4, -0.2) is 0 Å². The highest BCUT2D eigenvalue weighted by atomic mass is 35.5. The Hall–Kier alpha value is -1.25. The SMILES string of the molecule is Fc1cc(Cl)ccc1NCc1ccccc1Cl. The normalized spacial score (nSPS) is 10.3. The van der Waals surface area contributed by atoms with Crippen LogP contribution in [0.2, 0.25) is 10.0 Å². The van der Waals surface area contributed by atoms with Crippen molar-refractivity contribution in [1.82, 2.24) is 0 Å². The number of hydrogen-bond acceptors (Lipinski definition) is 1. The monoisotopic (exact) mass is 269 g/mol. The zero-order chi connectivity index (χ0) is 12.3. The molecule has 17 heavy (non-hydrogen) atoms. The quantitative estimate of drug-likeness (QED) is 0.849. The second-order valence-corrected chi connectivity index (χ2v) is 4.41. The minimum absolute atomic E-state index is 0.371. The molecule has 0 unspecified atom stereocenters. The number of nitrogens with one attached hydrogen (secondary N) is 1. The summed E-state index contributed by atoms with van der Waals surface area (Å²) in [6.45, 7) is 0.470. The Balaban J connectivity index is 2.10. The van der Waals surface area contributed by atoms with Crippen LogP contribution in [0.25, 0.3) is 0 Å². The number of anilines is 1. The highest BCUT2D eigenvalue weighted by Crippen LogP contribution is 2.21. The summed E-state index contributed by atoms with van der Waals surface area (Å²) in [5.41, 5.74) is 1.33. The average Bonchev–Trinajstić information content (AvgIpc) is 2.30. The summed E-state index contributed by atoms with van der Waals surface area (Å²) in [6.07, 6.45) is 0. The fourth-order valence-electron chi connectivity index (χ4n) is 1.47. The van der Waals surface area contributed by atoms with Crippen molar-refractivity contribution in [1.29, 1.82) is 0 Å². The molecule has 0 radical (unpaired) electrons. The van der Waals surface area contributed by atoms with Gasteiger partial charge in [-0.1, -0.05) is 41.4 Å². The van der Waals surface area contributed by atoms with E-state index in [9.17, 15) is 4.39 Å². The highest BCUT2D eigenvalue weighted by Gasteiger charge is 2.03. The zero-order valence-electron chi connectivity index (χ0n) is 8.88. The van der Waals surface area contributed by atoms with Crippen LogP contribution >= 0.6 is 23.2 Å². The van der Waals surface area contributed by atoms with Crippen LogP contribution < -0.4 is 5.32 Å². The second-order valence-electron chi connectivity index (χ2n) is 3.57. The van der Waals surface area contributed by atoms with Crippen molar-refractivity contribution in [2.75, 3.05) is 5.32 Å². The molecule has 88 valence electrons. The molecule has 0 aliphatic heterocycles. The van der Waals surface area contributed by atoms with Gasteiger partial charge in [0, 0.05) is 16.6 Å². The molecule has 0 saturated heterocycles. The average molecular weight is 270 g/mol. The number of hydrogen-bond donors (Lipinski definition) is 1. The van der Waals surface area contributed by atoms with Gasteiger partial charge in [-0.25, -0.2) is 4.39 Å². The van der Waals surface area contributed by atoms with Crippen molar-refractivity contribution >= 4 is 28.9 Å². The summed E-state index contributed by atoms with van der Waals surface area (Å²) in [5, 5.41) is 4.02. The number of halogens is 3. The van der Waals surface area contributed by atoms with Gasteiger partial charge in [0.15, 0.2) is 0 Å². The molecule has 1 N–H and O–H groups in total. The summed E-state index contributed by atoms with van der Waals surface area (Å²) in [7, 11) is 0. The van der Waals surface area contributed by atoms with Crippen LogP contribution in [0.4, 0.5) is 10.1 Å². The minimum atomic E-state index is -0.371. The summed E-state index contributed by atoms with van der Waals surface area (Å²) >= 11 is 11.7. The minimum Gasteiger partial charge on any atom is -0.379 e. The van der Waals surface area contributed by atoms with E-state index in [-0.39, 0.29) is 5.82 Å². The molecular formula is C13H10Cl2FN. The van der Waals surface area contributed by atoms with Crippen LogP contribution in [0.15, 0.2) is 42.5 Å². The Morgan fingerprint density at radius 3 is 2.53 bits per heavy atom. The topological polar surface area (TPSA) is 12.0 Å². The van der Waals surface area contributed by atoms with Crippen LogP contribution in [-0.2, 0) is 6.54 Å². The lowest BCUT2D eigenvalue weighted by molar-refractivity contribution is 0.630. The standard InChI is InChI=1S/C13H10Cl2FN/c14-10-5-6-13(12(16)7-10)17-8-9-3-1-2-4-11(9)15/h1-7,17H,8H2. The van der Waals surface area contributed by atoms with Gasteiger partial charge in [0.1, 0.15) is 5.82 Å². The molecular weight excluding hydrogens is 260 g/mol. The highest BCUT2D eigenvalue weighted by molar-refractivity contribution is 6.31. The van der Waals surface area contributed by atoms with Gasteiger partial charge in [0.2, 0.25) is 0 Å². The van der Waals surface area contributed by atoms with E-state index < -0.39 is 0 Å². The van der Waals surface area contributed by atoms with Gasteiger partial charge in [0.05, 0.1) is 5.69 Å². The molecule has 0 amide bonds. The molecule has 0 bridgehead atoms. The van der Waals surface area contributed by atoms with E-state index in [1.165, 1.54) is 6.07 Å². The van der Waals surface area contributed by atoms with Crippen molar-refractivity contribution < 1.29 is 4.39 Å². The molecule has 1 nitrogen and oxygen atoms in total. The number of rotatable bonds is 3. The Kier molecular flexibility index (Phi) is 3.87. The lowest BCUT2D eigenvalue weighted by Crippen LogP contribution is -2.01. The van der Waals surface area contributed by atoms with Crippen LogP contribution in [0.3, 0.4) is 0 Å². The molecule has 4 heteroatoms. The fourth-order valence-corrected chi connectivity index (χ4v) is 1.83. The molecule has 0 saturated carbocycles. The van der Waals surface area contributed by atoms with Gasteiger partial charge in [-0.05, 0) is 29.8 Å². The van der Waals surface area contributed by atoms with E-state index in [1.54, 1.807) is 18.2 Å². The van der Waals surface area contributed by atoms with Crippen LogP contribution in [0.5, 0.6) is 0 Å². The van der Waals surface area contributed by atoms with Crippen molar-refractivity contribution in [3.05, 3.63) is 63.9 Å². The molecule has 0 fully saturated rings. The molecule has 0 aliphatic rings. The molecule has 2 aromatic carbocycles. The third-order valence-corrected chi connectivity index (χ3v) is 2.96. The first-order valence-corrected chi connectivity index (χ1v) is 5.85. The predicted molar refractivity (Wildman–Crippen MR) is 70.2 cm³/mol. The maximum absolute atomic E-state index is 13.5. The first-order chi connectivity index (χ1) is 8.16. The van der Waals surface area contributed by atoms with E-state index in [0.717, 1.165) is 5.56 Å². The molecule has 0 heterocycles. The first-order valence-electron chi connectivity index (χ1n) is 5.09. The predicted octanol–water partition coefficient (Wildman–Crippen LogP) is 4.74. The van der Waals surface area contributed by atoms with Gasteiger partial charge in [-0.3, -0.25) is 0 Å². The Morgan fingerprint density at radius 2 is 1.82 bits per heavy atom. The maximum atomic E-state index is 13.5. The van der Waals surface area contributed by atoms with E-state index in [4.69, 9.17) is 23.2 Å². The largest absolute Gasteiger partial charge is 0.379 e. The smallest absolute Gasteiger partial charge is 0.147 e. The third-order valence-electron chi connectivity index (χ3n) is 2.36.